The van der Waals surface area contributed by atoms with Crippen LogP contribution in [0.2, 0.25) is 0 Å². The molecule has 0 bridgehead atoms. The summed E-state index contributed by atoms with van der Waals surface area (Å²) in [6, 6.07) is 2.01. The van der Waals surface area contributed by atoms with E-state index in [1.165, 1.54) is 7.11 Å². The lowest BCUT2D eigenvalue weighted by atomic mass is 10.0. The molecule has 34 heavy (non-hydrogen) atoms. The van der Waals surface area contributed by atoms with E-state index in [0.29, 0.717) is 43.3 Å². The fourth-order valence-corrected chi connectivity index (χ4v) is 5.30. The Kier molecular flexibility index (Phi) is 6.33. The van der Waals surface area contributed by atoms with Crippen LogP contribution in [-0.4, -0.2) is 93.8 Å². The van der Waals surface area contributed by atoms with Gasteiger partial charge in [0.2, 0.25) is 0 Å². The molecule has 2 N–H and O–H groups in total. The summed E-state index contributed by atoms with van der Waals surface area (Å²) in [5, 5.41) is 12.7. The maximum Gasteiger partial charge on any atom is 0.407 e. The van der Waals surface area contributed by atoms with E-state index < -0.39 is 6.09 Å². The van der Waals surface area contributed by atoms with E-state index in [2.05, 4.69) is 37.4 Å². The molecule has 2 saturated heterocycles. The third-order valence-corrected chi connectivity index (χ3v) is 7.24. The van der Waals surface area contributed by atoms with Gasteiger partial charge < -0.3 is 25.2 Å². The van der Waals surface area contributed by atoms with Crippen molar-refractivity contribution in [2.75, 3.05) is 45.7 Å². The summed E-state index contributed by atoms with van der Waals surface area (Å²) in [5.41, 5.74) is 1.16. The number of hydrogen-bond donors (Lipinski definition) is 2. The fraction of sp³-hybridized carbons (Fsp3) is 0.500. The third kappa shape index (κ3) is 4.68. The first-order valence-corrected chi connectivity index (χ1v) is 12.3. The molecule has 5 rings (SSSR count). The number of fused-ring (bicyclic) bond motifs is 1. The topological polar surface area (TPSA) is 117 Å². The Hall–Kier alpha value is -3.25. The number of hydrogen-bond acceptors (Lipinski definition) is 9. The predicted molar refractivity (Wildman–Crippen MR) is 128 cm³/mol. The lowest BCUT2D eigenvalue weighted by Gasteiger charge is -2.32. The van der Waals surface area contributed by atoms with E-state index in [-0.39, 0.29) is 18.0 Å². The van der Waals surface area contributed by atoms with Crippen molar-refractivity contribution >= 4 is 34.0 Å². The molecular formula is C22H28N8O3S. The van der Waals surface area contributed by atoms with Crippen molar-refractivity contribution in [3.05, 3.63) is 29.5 Å². The van der Waals surface area contributed by atoms with Gasteiger partial charge in [0.05, 0.1) is 18.9 Å². The average Bonchev–Trinajstić information content (AvgIpc) is 3.56. The average molecular weight is 485 g/mol. The minimum Gasteiger partial charge on any atom is -0.453 e. The number of carbonyl (C=O) groups is 2. The van der Waals surface area contributed by atoms with E-state index in [4.69, 9.17) is 4.98 Å². The maximum atomic E-state index is 13.4. The van der Waals surface area contributed by atoms with Crippen LogP contribution >= 0.6 is 11.3 Å². The van der Waals surface area contributed by atoms with Crippen molar-refractivity contribution in [3.63, 3.8) is 0 Å². The Morgan fingerprint density at radius 1 is 1.15 bits per heavy atom. The van der Waals surface area contributed by atoms with Crippen molar-refractivity contribution in [3.8, 4) is 11.4 Å². The zero-order valence-electron chi connectivity index (χ0n) is 19.2. The number of methoxy groups -OCH3 is 1. The lowest BCUT2D eigenvalue weighted by molar-refractivity contribution is 0.0698. The van der Waals surface area contributed by atoms with Crippen LogP contribution in [0.5, 0.6) is 0 Å². The summed E-state index contributed by atoms with van der Waals surface area (Å²) in [6.07, 6.45) is 5.53. The molecular weight excluding hydrogens is 456 g/mol. The van der Waals surface area contributed by atoms with E-state index in [1.807, 2.05) is 11.6 Å². The van der Waals surface area contributed by atoms with Crippen molar-refractivity contribution in [2.24, 2.45) is 0 Å². The molecule has 1 atom stereocenters. The molecule has 5 heterocycles. The van der Waals surface area contributed by atoms with Crippen LogP contribution in [0.15, 0.2) is 23.8 Å². The third-order valence-electron chi connectivity index (χ3n) is 6.35. The van der Waals surface area contributed by atoms with Crippen LogP contribution in [-0.2, 0) is 4.74 Å². The zero-order chi connectivity index (χ0) is 23.7. The Morgan fingerprint density at radius 2 is 1.94 bits per heavy atom. The first kappa shape index (κ1) is 22.5. The van der Waals surface area contributed by atoms with Gasteiger partial charge in [0.1, 0.15) is 16.3 Å². The largest absolute Gasteiger partial charge is 0.453 e. The van der Waals surface area contributed by atoms with E-state index in [1.54, 1.807) is 33.0 Å². The number of likely N-dealkylation sites (N-methyl/N-ethyl adjacent to an activating group) is 1. The summed E-state index contributed by atoms with van der Waals surface area (Å²) in [6.45, 7) is 3.01. The van der Waals surface area contributed by atoms with Crippen LogP contribution in [0.3, 0.4) is 0 Å². The highest BCUT2D eigenvalue weighted by Gasteiger charge is 2.27. The number of rotatable bonds is 5. The zero-order valence-corrected chi connectivity index (χ0v) is 20.0. The molecule has 180 valence electrons. The molecule has 0 spiro atoms. The molecule has 2 aliphatic heterocycles. The normalized spacial score (nSPS) is 19.5. The number of thiazole rings is 1. The van der Waals surface area contributed by atoms with Gasteiger partial charge in [-0.25, -0.2) is 19.3 Å². The number of carbonyl (C=O) groups excluding carboxylic acids is 2. The van der Waals surface area contributed by atoms with Crippen LogP contribution in [0.1, 0.15) is 29.8 Å². The van der Waals surface area contributed by atoms with Crippen molar-refractivity contribution < 1.29 is 14.3 Å². The second kappa shape index (κ2) is 9.55. The van der Waals surface area contributed by atoms with Crippen molar-refractivity contribution in [1.82, 2.24) is 34.7 Å². The van der Waals surface area contributed by atoms with E-state index in [9.17, 15) is 9.59 Å². The van der Waals surface area contributed by atoms with Gasteiger partial charge in [-0.15, -0.1) is 11.3 Å². The number of piperidine rings is 1. The molecule has 3 aromatic rings. The summed E-state index contributed by atoms with van der Waals surface area (Å²) in [4.78, 5) is 39.3. The van der Waals surface area contributed by atoms with Gasteiger partial charge in [-0.3, -0.25) is 4.79 Å². The molecule has 0 radical (unpaired) electrons. The second-order valence-electron chi connectivity index (χ2n) is 8.77. The summed E-state index contributed by atoms with van der Waals surface area (Å²) >= 11 is 1.56. The predicted octanol–water partition coefficient (Wildman–Crippen LogP) is 1.93. The maximum absolute atomic E-state index is 13.4. The Balaban J connectivity index is 1.39. The van der Waals surface area contributed by atoms with E-state index >= 15 is 0 Å². The number of aromatic nitrogens is 4. The Morgan fingerprint density at radius 3 is 2.68 bits per heavy atom. The number of amides is 2. The summed E-state index contributed by atoms with van der Waals surface area (Å²) < 4.78 is 6.47. The molecule has 2 aliphatic rings. The highest BCUT2D eigenvalue weighted by atomic mass is 32.1. The molecule has 0 aliphatic carbocycles. The summed E-state index contributed by atoms with van der Waals surface area (Å²) in [5.74, 6) is 0.993. The molecule has 11 nitrogen and oxygen atoms in total. The number of nitrogens with one attached hydrogen (secondary N) is 2. The SMILES string of the molecule is COC(=O)NC1CCN(C(=O)c2cc(N[C@@H]3CCN(C)C3)nc(-c3cnn4ccsc34)n2)CC1. The molecule has 2 amide bonds. The highest BCUT2D eigenvalue weighted by molar-refractivity contribution is 7.16. The first-order valence-electron chi connectivity index (χ1n) is 11.4. The Labute approximate surface area is 201 Å². The molecule has 2 fully saturated rings. The van der Waals surface area contributed by atoms with Gasteiger partial charge in [-0.1, -0.05) is 0 Å². The minimum absolute atomic E-state index is 0.00595. The molecule has 0 saturated carbocycles. The monoisotopic (exact) mass is 484 g/mol. The number of ether oxygens (including phenoxy) is 1. The molecule has 0 aromatic carbocycles. The van der Waals surface area contributed by atoms with Gasteiger partial charge >= 0.3 is 6.09 Å². The van der Waals surface area contributed by atoms with Crippen LogP contribution in [0, 0.1) is 0 Å². The molecule has 12 heteroatoms. The second-order valence-corrected chi connectivity index (χ2v) is 9.66. The van der Waals surface area contributed by atoms with E-state index in [0.717, 1.165) is 29.9 Å². The van der Waals surface area contributed by atoms with Crippen molar-refractivity contribution in [1.29, 1.82) is 0 Å². The first-order chi connectivity index (χ1) is 16.5. The molecule has 3 aromatic heterocycles. The number of nitrogens with zero attached hydrogens (tertiary/aromatic N) is 6. The van der Waals surface area contributed by atoms with Gasteiger partial charge in [0, 0.05) is 49.4 Å². The van der Waals surface area contributed by atoms with Crippen molar-refractivity contribution in [2.45, 2.75) is 31.3 Å². The smallest absolute Gasteiger partial charge is 0.407 e. The van der Waals surface area contributed by atoms with Gasteiger partial charge in [-0.05, 0) is 32.9 Å². The number of likely N-dealkylation sites (tertiary alicyclic amines) is 2. The van der Waals surface area contributed by atoms with Crippen LogP contribution < -0.4 is 10.6 Å². The Bertz CT molecular complexity index is 1190. The highest BCUT2D eigenvalue weighted by Crippen LogP contribution is 2.27. The van der Waals surface area contributed by atoms with Gasteiger partial charge in [0.25, 0.3) is 5.91 Å². The van der Waals surface area contributed by atoms with Gasteiger partial charge in [-0.2, -0.15) is 5.10 Å². The van der Waals surface area contributed by atoms with Crippen LogP contribution in [0.4, 0.5) is 10.6 Å². The fourth-order valence-electron chi connectivity index (χ4n) is 4.51. The number of anilines is 1. The van der Waals surface area contributed by atoms with Crippen LogP contribution in [0.25, 0.3) is 16.2 Å². The van der Waals surface area contributed by atoms with Gasteiger partial charge in [0.15, 0.2) is 5.82 Å². The standard InChI is InChI=1S/C22H28N8O3S/c1-28-6-3-15(13-28)24-18-11-17(20(31)29-7-4-14(5-8-29)25-22(32)33-2)26-19(27-18)16-12-23-30-9-10-34-21(16)30/h9-12,14-15H,3-8,13H2,1-2H3,(H,25,32)(H,24,26,27)/t15-/m1/s1. The quantitative estimate of drug-likeness (QED) is 0.564. The molecule has 0 unspecified atom stereocenters. The summed E-state index contributed by atoms with van der Waals surface area (Å²) in [7, 11) is 3.45. The number of alkyl carbamates (subject to hydrolysis) is 1. The minimum atomic E-state index is -0.445. The lowest BCUT2D eigenvalue weighted by Crippen LogP contribution is -2.46.